The van der Waals surface area contributed by atoms with Gasteiger partial charge in [-0.2, -0.15) is 0 Å². The summed E-state index contributed by atoms with van der Waals surface area (Å²) >= 11 is 0. The van der Waals surface area contributed by atoms with Crippen molar-refractivity contribution < 1.29 is 14.3 Å². The molecule has 1 fully saturated rings. The van der Waals surface area contributed by atoms with Crippen molar-refractivity contribution in [1.82, 2.24) is 4.90 Å². The van der Waals surface area contributed by atoms with Crippen LogP contribution in [0.1, 0.15) is 42.1 Å². The van der Waals surface area contributed by atoms with Gasteiger partial charge in [-0.25, -0.2) is 0 Å². The fraction of sp³-hybridized carbons (Fsp3) is 0.381. The van der Waals surface area contributed by atoms with Gasteiger partial charge in [0.1, 0.15) is 18.1 Å². The SMILES string of the molecule is COc1ccc(OCc2ccc(C(=O)N3CCCCC3C)cc2)cc1. The van der Waals surface area contributed by atoms with Crippen molar-refractivity contribution in [2.24, 2.45) is 0 Å². The van der Waals surface area contributed by atoms with E-state index in [1.165, 1.54) is 6.42 Å². The molecule has 0 aliphatic carbocycles. The van der Waals surface area contributed by atoms with Crippen LogP contribution in [0.4, 0.5) is 0 Å². The third kappa shape index (κ3) is 4.32. The molecule has 1 atom stereocenters. The Morgan fingerprint density at radius 1 is 1.04 bits per heavy atom. The van der Waals surface area contributed by atoms with Crippen molar-refractivity contribution in [2.45, 2.75) is 38.8 Å². The molecule has 3 rings (SSSR count). The predicted octanol–water partition coefficient (Wildman–Crippen LogP) is 4.29. The van der Waals surface area contributed by atoms with Crippen LogP contribution in [0.2, 0.25) is 0 Å². The maximum atomic E-state index is 12.6. The molecule has 1 unspecified atom stereocenters. The largest absolute Gasteiger partial charge is 0.497 e. The van der Waals surface area contributed by atoms with Crippen molar-refractivity contribution in [3.8, 4) is 11.5 Å². The minimum Gasteiger partial charge on any atom is -0.497 e. The van der Waals surface area contributed by atoms with Gasteiger partial charge < -0.3 is 14.4 Å². The average molecular weight is 339 g/mol. The predicted molar refractivity (Wildman–Crippen MR) is 98.1 cm³/mol. The second-order valence-electron chi connectivity index (χ2n) is 6.50. The molecule has 25 heavy (non-hydrogen) atoms. The van der Waals surface area contributed by atoms with E-state index in [0.717, 1.165) is 42.0 Å². The lowest BCUT2D eigenvalue weighted by molar-refractivity contribution is 0.0635. The standard InChI is InChI=1S/C21H25NO3/c1-16-5-3-4-14-22(16)21(23)18-8-6-17(7-9-18)15-25-20-12-10-19(24-2)11-13-20/h6-13,16H,3-5,14-15H2,1-2H3. The number of piperidine rings is 1. The molecule has 2 aromatic rings. The molecule has 4 heteroatoms. The first-order valence-corrected chi connectivity index (χ1v) is 8.84. The van der Waals surface area contributed by atoms with E-state index in [0.29, 0.717) is 12.6 Å². The Labute approximate surface area is 149 Å². The van der Waals surface area contributed by atoms with Crippen molar-refractivity contribution in [1.29, 1.82) is 0 Å². The normalized spacial score (nSPS) is 17.2. The molecule has 0 spiro atoms. The van der Waals surface area contributed by atoms with Crippen molar-refractivity contribution in [3.05, 3.63) is 59.7 Å². The first-order chi connectivity index (χ1) is 12.2. The fourth-order valence-electron chi connectivity index (χ4n) is 3.15. The van der Waals surface area contributed by atoms with Gasteiger partial charge in [-0.15, -0.1) is 0 Å². The van der Waals surface area contributed by atoms with Gasteiger partial charge in [0.15, 0.2) is 0 Å². The lowest BCUT2D eigenvalue weighted by Crippen LogP contribution is -2.42. The summed E-state index contributed by atoms with van der Waals surface area (Å²) in [6.45, 7) is 3.47. The summed E-state index contributed by atoms with van der Waals surface area (Å²) in [6, 6.07) is 15.6. The molecule has 0 saturated carbocycles. The van der Waals surface area contributed by atoms with Crippen LogP contribution >= 0.6 is 0 Å². The highest BCUT2D eigenvalue weighted by atomic mass is 16.5. The molecule has 0 aromatic heterocycles. The van der Waals surface area contributed by atoms with Gasteiger partial charge in [-0.05, 0) is 68.1 Å². The molecule has 0 N–H and O–H groups in total. The highest BCUT2D eigenvalue weighted by molar-refractivity contribution is 5.94. The van der Waals surface area contributed by atoms with Crippen LogP contribution in [0.15, 0.2) is 48.5 Å². The van der Waals surface area contributed by atoms with Gasteiger partial charge in [0, 0.05) is 18.2 Å². The van der Waals surface area contributed by atoms with E-state index < -0.39 is 0 Å². The number of carbonyl (C=O) groups is 1. The number of nitrogens with zero attached hydrogens (tertiary/aromatic N) is 1. The lowest BCUT2D eigenvalue weighted by atomic mass is 10.0. The van der Waals surface area contributed by atoms with Gasteiger partial charge in [0.2, 0.25) is 0 Å². The number of ether oxygens (including phenoxy) is 2. The molecule has 1 aliphatic heterocycles. The van der Waals surface area contributed by atoms with Crippen LogP contribution in [-0.4, -0.2) is 30.5 Å². The zero-order chi connectivity index (χ0) is 17.6. The molecular formula is C21H25NO3. The summed E-state index contributed by atoms with van der Waals surface area (Å²) in [5.41, 5.74) is 1.79. The van der Waals surface area contributed by atoms with Crippen LogP contribution in [-0.2, 0) is 6.61 Å². The Morgan fingerprint density at radius 3 is 2.36 bits per heavy atom. The number of methoxy groups -OCH3 is 1. The Kier molecular flexibility index (Phi) is 5.59. The summed E-state index contributed by atoms with van der Waals surface area (Å²) in [7, 11) is 1.64. The van der Waals surface area contributed by atoms with E-state index in [1.54, 1.807) is 7.11 Å². The zero-order valence-electron chi connectivity index (χ0n) is 14.9. The maximum absolute atomic E-state index is 12.6. The van der Waals surface area contributed by atoms with Gasteiger partial charge in [0.05, 0.1) is 7.11 Å². The third-order valence-corrected chi connectivity index (χ3v) is 4.73. The smallest absolute Gasteiger partial charge is 0.254 e. The topological polar surface area (TPSA) is 38.8 Å². The number of amides is 1. The second kappa shape index (κ2) is 8.06. The number of carbonyl (C=O) groups excluding carboxylic acids is 1. The third-order valence-electron chi connectivity index (χ3n) is 4.73. The summed E-state index contributed by atoms with van der Waals surface area (Å²) in [5.74, 6) is 1.74. The van der Waals surface area contributed by atoms with E-state index in [9.17, 15) is 4.79 Å². The van der Waals surface area contributed by atoms with E-state index in [1.807, 2.05) is 53.4 Å². The summed E-state index contributed by atoms with van der Waals surface area (Å²) in [4.78, 5) is 14.6. The minimum atomic E-state index is 0.134. The maximum Gasteiger partial charge on any atom is 0.254 e. The second-order valence-corrected chi connectivity index (χ2v) is 6.50. The number of hydrogen-bond donors (Lipinski definition) is 0. The van der Waals surface area contributed by atoms with Crippen LogP contribution in [0, 0.1) is 0 Å². The number of rotatable bonds is 5. The molecule has 0 bridgehead atoms. The highest BCUT2D eigenvalue weighted by Gasteiger charge is 2.23. The number of benzene rings is 2. The van der Waals surface area contributed by atoms with Crippen molar-refractivity contribution in [2.75, 3.05) is 13.7 Å². The minimum absolute atomic E-state index is 0.134. The monoisotopic (exact) mass is 339 g/mol. The molecule has 2 aromatic carbocycles. The van der Waals surface area contributed by atoms with Crippen molar-refractivity contribution in [3.63, 3.8) is 0 Å². The van der Waals surface area contributed by atoms with Crippen molar-refractivity contribution >= 4 is 5.91 Å². The summed E-state index contributed by atoms with van der Waals surface area (Å²) < 4.78 is 10.9. The molecule has 0 radical (unpaired) electrons. The Hall–Kier alpha value is -2.49. The average Bonchev–Trinajstić information content (AvgIpc) is 2.67. The van der Waals surface area contributed by atoms with Crippen LogP contribution in [0.25, 0.3) is 0 Å². The number of likely N-dealkylation sites (tertiary alicyclic amines) is 1. The molecule has 1 amide bonds. The summed E-state index contributed by atoms with van der Waals surface area (Å²) in [6.07, 6.45) is 3.41. The highest BCUT2D eigenvalue weighted by Crippen LogP contribution is 2.21. The Balaban J connectivity index is 1.58. The molecular weight excluding hydrogens is 314 g/mol. The quantitative estimate of drug-likeness (QED) is 0.816. The Morgan fingerprint density at radius 2 is 1.72 bits per heavy atom. The number of hydrogen-bond acceptors (Lipinski definition) is 3. The molecule has 4 nitrogen and oxygen atoms in total. The lowest BCUT2D eigenvalue weighted by Gasteiger charge is -2.33. The molecule has 132 valence electrons. The molecule has 1 saturated heterocycles. The van der Waals surface area contributed by atoms with E-state index in [4.69, 9.17) is 9.47 Å². The van der Waals surface area contributed by atoms with Gasteiger partial charge in [-0.3, -0.25) is 4.79 Å². The van der Waals surface area contributed by atoms with Gasteiger partial charge in [-0.1, -0.05) is 12.1 Å². The van der Waals surface area contributed by atoms with E-state index >= 15 is 0 Å². The first kappa shape index (κ1) is 17.3. The van der Waals surface area contributed by atoms with E-state index in [2.05, 4.69) is 6.92 Å². The Bertz CT molecular complexity index is 694. The zero-order valence-corrected chi connectivity index (χ0v) is 14.9. The van der Waals surface area contributed by atoms with Crippen LogP contribution in [0.5, 0.6) is 11.5 Å². The fourth-order valence-corrected chi connectivity index (χ4v) is 3.15. The van der Waals surface area contributed by atoms with Crippen LogP contribution < -0.4 is 9.47 Å². The molecule has 1 aliphatic rings. The van der Waals surface area contributed by atoms with Gasteiger partial charge in [0.25, 0.3) is 5.91 Å². The first-order valence-electron chi connectivity index (χ1n) is 8.84. The summed E-state index contributed by atoms with van der Waals surface area (Å²) in [5, 5.41) is 0. The van der Waals surface area contributed by atoms with E-state index in [-0.39, 0.29) is 5.91 Å². The van der Waals surface area contributed by atoms with Crippen LogP contribution in [0.3, 0.4) is 0 Å². The molecule has 1 heterocycles. The van der Waals surface area contributed by atoms with Gasteiger partial charge >= 0.3 is 0 Å².